The van der Waals surface area contributed by atoms with Crippen molar-refractivity contribution in [2.75, 3.05) is 6.61 Å². The SMILES string of the molecule is OC(CCC1CCCCO1)c1ccc(Cl)cc1F. The largest absolute Gasteiger partial charge is 0.388 e. The average Bonchev–Trinajstić information content (AvgIpc) is 2.37. The van der Waals surface area contributed by atoms with Crippen LogP contribution in [0.5, 0.6) is 0 Å². The molecule has 1 fully saturated rings. The van der Waals surface area contributed by atoms with Crippen molar-refractivity contribution in [1.29, 1.82) is 0 Å². The van der Waals surface area contributed by atoms with Crippen LogP contribution in [0, 0.1) is 5.82 Å². The van der Waals surface area contributed by atoms with E-state index in [0.717, 1.165) is 25.9 Å². The zero-order valence-corrected chi connectivity index (χ0v) is 11.0. The van der Waals surface area contributed by atoms with Gasteiger partial charge in [-0.25, -0.2) is 4.39 Å². The summed E-state index contributed by atoms with van der Waals surface area (Å²) in [6.45, 7) is 0.802. The molecule has 1 N–H and O–H groups in total. The fourth-order valence-electron chi connectivity index (χ4n) is 2.31. The lowest BCUT2D eigenvalue weighted by Gasteiger charge is -2.23. The number of aliphatic hydroxyl groups excluding tert-OH is 1. The van der Waals surface area contributed by atoms with E-state index in [4.69, 9.17) is 16.3 Å². The molecule has 1 aliphatic rings. The molecular weight excluding hydrogens is 255 g/mol. The van der Waals surface area contributed by atoms with E-state index in [2.05, 4.69) is 0 Å². The smallest absolute Gasteiger partial charge is 0.130 e. The van der Waals surface area contributed by atoms with Crippen LogP contribution in [0.25, 0.3) is 0 Å². The predicted molar refractivity (Wildman–Crippen MR) is 69.2 cm³/mol. The fraction of sp³-hybridized carbons (Fsp3) is 0.571. The number of rotatable bonds is 4. The summed E-state index contributed by atoms with van der Waals surface area (Å²) in [5.74, 6) is -0.445. The van der Waals surface area contributed by atoms with Gasteiger partial charge in [-0.3, -0.25) is 0 Å². The van der Waals surface area contributed by atoms with Crippen LogP contribution in [0.1, 0.15) is 43.8 Å². The molecule has 2 rings (SSSR count). The first kappa shape index (κ1) is 13.8. The molecule has 100 valence electrons. The van der Waals surface area contributed by atoms with E-state index in [9.17, 15) is 9.50 Å². The summed E-state index contributed by atoms with van der Waals surface area (Å²) < 4.78 is 19.2. The van der Waals surface area contributed by atoms with Crippen LogP contribution >= 0.6 is 11.6 Å². The number of aliphatic hydroxyl groups is 1. The molecule has 0 aromatic heterocycles. The number of hydrogen-bond acceptors (Lipinski definition) is 2. The Bertz CT molecular complexity index is 391. The third-order valence-corrected chi connectivity index (χ3v) is 3.59. The number of halogens is 2. The van der Waals surface area contributed by atoms with E-state index in [1.165, 1.54) is 12.5 Å². The highest BCUT2D eigenvalue weighted by atomic mass is 35.5. The Balaban J connectivity index is 1.88. The molecule has 0 saturated carbocycles. The van der Waals surface area contributed by atoms with E-state index in [1.54, 1.807) is 12.1 Å². The Morgan fingerprint density at radius 3 is 2.94 bits per heavy atom. The minimum Gasteiger partial charge on any atom is -0.388 e. The normalized spacial score (nSPS) is 21.8. The highest BCUT2D eigenvalue weighted by Gasteiger charge is 2.18. The van der Waals surface area contributed by atoms with Crippen LogP contribution in [0.3, 0.4) is 0 Å². The lowest BCUT2D eigenvalue weighted by molar-refractivity contribution is 0.00190. The monoisotopic (exact) mass is 272 g/mol. The Morgan fingerprint density at radius 1 is 1.44 bits per heavy atom. The molecule has 1 heterocycles. The molecule has 0 radical (unpaired) electrons. The maximum atomic E-state index is 13.6. The van der Waals surface area contributed by atoms with Crippen molar-refractivity contribution in [1.82, 2.24) is 0 Å². The summed E-state index contributed by atoms with van der Waals surface area (Å²) in [5, 5.41) is 10.3. The van der Waals surface area contributed by atoms with E-state index >= 15 is 0 Å². The average molecular weight is 273 g/mol. The summed E-state index contributed by atoms with van der Waals surface area (Å²) >= 11 is 5.68. The minimum atomic E-state index is -0.784. The van der Waals surface area contributed by atoms with Gasteiger partial charge in [-0.05, 0) is 44.2 Å². The van der Waals surface area contributed by atoms with Gasteiger partial charge in [-0.1, -0.05) is 17.7 Å². The summed E-state index contributed by atoms with van der Waals surface area (Å²) in [4.78, 5) is 0. The molecule has 2 nitrogen and oxygen atoms in total. The first-order chi connectivity index (χ1) is 8.66. The highest BCUT2D eigenvalue weighted by molar-refractivity contribution is 6.30. The third kappa shape index (κ3) is 3.67. The second-order valence-corrected chi connectivity index (χ2v) is 5.18. The molecule has 2 unspecified atom stereocenters. The predicted octanol–water partition coefficient (Wildman–Crippen LogP) is 3.86. The Morgan fingerprint density at radius 2 is 2.28 bits per heavy atom. The molecule has 0 bridgehead atoms. The number of hydrogen-bond donors (Lipinski definition) is 1. The summed E-state index contributed by atoms with van der Waals surface area (Å²) in [6, 6.07) is 4.38. The Labute approximate surface area is 112 Å². The Hall–Kier alpha value is -0.640. The van der Waals surface area contributed by atoms with E-state index in [-0.39, 0.29) is 6.10 Å². The second-order valence-electron chi connectivity index (χ2n) is 4.75. The van der Waals surface area contributed by atoms with Gasteiger partial charge in [0, 0.05) is 17.2 Å². The topological polar surface area (TPSA) is 29.5 Å². The van der Waals surface area contributed by atoms with E-state index in [1.807, 2.05) is 0 Å². The zero-order chi connectivity index (χ0) is 13.0. The standard InChI is InChI=1S/C14H18ClFO2/c15-10-4-6-12(13(16)9-10)14(17)7-5-11-3-1-2-8-18-11/h4,6,9,11,14,17H,1-3,5,7-8H2. The minimum absolute atomic E-state index is 0.212. The summed E-state index contributed by atoms with van der Waals surface area (Å²) in [7, 11) is 0. The highest BCUT2D eigenvalue weighted by Crippen LogP contribution is 2.26. The molecule has 4 heteroatoms. The molecule has 18 heavy (non-hydrogen) atoms. The van der Waals surface area contributed by atoms with Crippen LogP contribution in [0.4, 0.5) is 4.39 Å². The quantitative estimate of drug-likeness (QED) is 0.902. The van der Waals surface area contributed by atoms with Crippen LogP contribution in [-0.4, -0.2) is 17.8 Å². The van der Waals surface area contributed by atoms with Crippen molar-refractivity contribution >= 4 is 11.6 Å². The molecule has 2 atom stereocenters. The second kappa shape index (κ2) is 6.50. The summed E-state index contributed by atoms with van der Waals surface area (Å²) in [5.41, 5.74) is 0.315. The van der Waals surface area contributed by atoms with Gasteiger partial charge in [0.1, 0.15) is 5.82 Å². The zero-order valence-electron chi connectivity index (χ0n) is 10.2. The summed E-state index contributed by atoms with van der Waals surface area (Å²) in [6.07, 6.45) is 4.04. The molecule has 1 aromatic carbocycles. The van der Waals surface area contributed by atoms with Crippen molar-refractivity contribution in [2.45, 2.75) is 44.3 Å². The van der Waals surface area contributed by atoms with Crippen molar-refractivity contribution in [3.63, 3.8) is 0 Å². The molecule has 1 aromatic rings. The molecule has 0 amide bonds. The van der Waals surface area contributed by atoms with Gasteiger partial charge >= 0.3 is 0 Å². The molecule has 1 saturated heterocycles. The molecule has 0 aliphatic carbocycles. The number of ether oxygens (including phenoxy) is 1. The van der Waals surface area contributed by atoms with Gasteiger partial charge in [0.15, 0.2) is 0 Å². The molecule has 1 aliphatic heterocycles. The van der Waals surface area contributed by atoms with Crippen molar-refractivity contribution in [3.05, 3.63) is 34.6 Å². The van der Waals surface area contributed by atoms with Crippen molar-refractivity contribution in [3.8, 4) is 0 Å². The fourth-order valence-corrected chi connectivity index (χ4v) is 2.46. The number of benzene rings is 1. The maximum Gasteiger partial charge on any atom is 0.130 e. The lowest BCUT2D eigenvalue weighted by atomic mass is 9.99. The van der Waals surface area contributed by atoms with E-state index < -0.39 is 11.9 Å². The van der Waals surface area contributed by atoms with Crippen molar-refractivity contribution in [2.24, 2.45) is 0 Å². The van der Waals surface area contributed by atoms with Gasteiger partial charge in [-0.2, -0.15) is 0 Å². The Kier molecular flexibility index (Phi) is 4.98. The van der Waals surface area contributed by atoms with E-state index in [0.29, 0.717) is 17.0 Å². The van der Waals surface area contributed by atoms with Crippen LogP contribution in [0.2, 0.25) is 5.02 Å². The maximum absolute atomic E-state index is 13.6. The van der Waals surface area contributed by atoms with Crippen LogP contribution in [0.15, 0.2) is 18.2 Å². The molecule has 0 spiro atoms. The third-order valence-electron chi connectivity index (χ3n) is 3.36. The van der Waals surface area contributed by atoms with Crippen LogP contribution in [-0.2, 0) is 4.74 Å². The van der Waals surface area contributed by atoms with Gasteiger partial charge < -0.3 is 9.84 Å². The molecular formula is C14H18ClFO2. The van der Waals surface area contributed by atoms with Gasteiger partial charge in [-0.15, -0.1) is 0 Å². The van der Waals surface area contributed by atoms with Gasteiger partial charge in [0.05, 0.1) is 12.2 Å². The van der Waals surface area contributed by atoms with Gasteiger partial charge in [0.25, 0.3) is 0 Å². The van der Waals surface area contributed by atoms with Crippen LogP contribution < -0.4 is 0 Å². The lowest BCUT2D eigenvalue weighted by Crippen LogP contribution is -2.19. The van der Waals surface area contributed by atoms with Crippen molar-refractivity contribution < 1.29 is 14.2 Å². The van der Waals surface area contributed by atoms with Gasteiger partial charge in [0.2, 0.25) is 0 Å². The first-order valence-electron chi connectivity index (χ1n) is 6.41. The first-order valence-corrected chi connectivity index (χ1v) is 6.79.